The first-order valence-corrected chi connectivity index (χ1v) is 6.51. The van der Waals surface area contributed by atoms with Crippen molar-refractivity contribution in [3.05, 3.63) is 45.9 Å². The topological polar surface area (TPSA) is 70.3 Å². The van der Waals surface area contributed by atoms with E-state index in [2.05, 4.69) is 25.9 Å². The highest BCUT2D eigenvalue weighted by atomic mass is 79.9. The molecule has 0 saturated heterocycles. The second-order valence-corrected chi connectivity index (χ2v) is 4.80. The zero-order chi connectivity index (χ0) is 14.7. The van der Waals surface area contributed by atoms with Crippen LogP contribution in [-0.4, -0.2) is 24.2 Å². The van der Waals surface area contributed by atoms with Gasteiger partial charge in [-0.2, -0.15) is 4.98 Å². The lowest BCUT2D eigenvalue weighted by Crippen LogP contribution is -2.16. The van der Waals surface area contributed by atoms with Gasteiger partial charge in [-0.1, -0.05) is 22.0 Å². The van der Waals surface area contributed by atoms with Crippen LogP contribution in [0.15, 0.2) is 28.9 Å². The molecule has 0 fully saturated rings. The summed E-state index contributed by atoms with van der Waals surface area (Å²) < 4.78 is 23.8. The Hall–Kier alpha value is -1.73. The maximum atomic E-state index is 13.1. The molecule has 0 radical (unpaired) electrons. The van der Waals surface area contributed by atoms with E-state index < -0.39 is 6.04 Å². The van der Waals surface area contributed by atoms with Crippen molar-refractivity contribution in [2.45, 2.75) is 6.04 Å². The van der Waals surface area contributed by atoms with E-state index in [4.69, 9.17) is 15.2 Å². The average Bonchev–Trinajstić information content (AvgIpc) is 2.46. The van der Waals surface area contributed by atoms with Gasteiger partial charge < -0.3 is 15.2 Å². The molecule has 2 N–H and O–H groups in total. The van der Waals surface area contributed by atoms with E-state index in [1.807, 2.05) is 0 Å². The molecule has 5 nitrogen and oxygen atoms in total. The van der Waals surface area contributed by atoms with Crippen LogP contribution < -0.4 is 15.2 Å². The molecule has 0 spiro atoms. The van der Waals surface area contributed by atoms with Crippen molar-refractivity contribution in [3.63, 3.8) is 0 Å². The van der Waals surface area contributed by atoms with Crippen molar-refractivity contribution in [3.8, 4) is 11.8 Å². The summed E-state index contributed by atoms with van der Waals surface area (Å²) in [6.07, 6.45) is 1.45. The van der Waals surface area contributed by atoms with E-state index in [0.717, 1.165) is 0 Å². The van der Waals surface area contributed by atoms with Gasteiger partial charge in [0.25, 0.3) is 0 Å². The largest absolute Gasteiger partial charge is 0.480 e. The summed E-state index contributed by atoms with van der Waals surface area (Å²) in [5.74, 6) is 0.254. The number of rotatable bonds is 4. The van der Waals surface area contributed by atoms with Gasteiger partial charge in [0.2, 0.25) is 11.8 Å². The molecule has 2 aromatic rings. The zero-order valence-electron chi connectivity index (χ0n) is 10.9. The number of halogens is 2. The van der Waals surface area contributed by atoms with Crippen molar-refractivity contribution in [2.24, 2.45) is 5.73 Å². The smallest absolute Gasteiger partial charge is 0.240 e. The fourth-order valence-electron chi connectivity index (χ4n) is 1.73. The monoisotopic (exact) mass is 341 g/mol. The Labute approximate surface area is 124 Å². The van der Waals surface area contributed by atoms with E-state index in [1.54, 1.807) is 6.07 Å². The molecule has 0 saturated carbocycles. The van der Waals surface area contributed by atoms with Crippen LogP contribution in [0.3, 0.4) is 0 Å². The molecule has 1 heterocycles. The lowest BCUT2D eigenvalue weighted by molar-refractivity contribution is 0.355. The minimum atomic E-state index is -0.599. The van der Waals surface area contributed by atoms with E-state index in [-0.39, 0.29) is 11.7 Å². The lowest BCUT2D eigenvalue weighted by atomic mass is 10.0. The van der Waals surface area contributed by atoms with Crippen LogP contribution in [0.4, 0.5) is 4.39 Å². The van der Waals surface area contributed by atoms with E-state index in [0.29, 0.717) is 21.6 Å². The van der Waals surface area contributed by atoms with Crippen molar-refractivity contribution in [1.29, 1.82) is 0 Å². The Morgan fingerprint density at radius 2 is 2.05 bits per heavy atom. The van der Waals surface area contributed by atoms with Gasteiger partial charge in [-0.25, -0.2) is 9.37 Å². The molecule has 0 aliphatic rings. The summed E-state index contributed by atoms with van der Waals surface area (Å²) >= 11 is 3.29. The van der Waals surface area contributed by atoms with Gasteiger partial charge in [-0.05, 0) is 17.7 Å². The predicted octanol–water partition coefficient (Wildman–Crippen LogP) is 2.44. The first-order chi connectivity index (χ1) is 9.56. The highest BCUT2D eigenvalue weighted by Gasteiger charge is 2.20. The second-order valence-electron chi connectivity index (χ2n) is 3.95. The fraction of sp³-hybridized carbons (Fsp3) is 0.231. The molecular formula is C13H13BrFN3O2. The molecule has 1 aromatic heterocycles. The third-order valence-electron chi connectivity index (χ3n) is 2.74. The summed E-state index contributed by atoms with van der Waals surface area (Å²) in [6.45, 7) is 0. The number of benzene rings is 1. The number of ether oxygens (including phenoxy) is 2. The normalized spacial score (nSPS) is 12.1. The highest BCUT2D eigenvalue weighted by molar-refractivity contribution is 9.10. The molecule has 2 rings (SSSR count). The maximum Gasteiger partial charge on any atom is 0.240 e. The molecule has 106 valence electrons. The number of aromatic nitrogens is 2. The first-order valence-electron chi connectivity index (χ1n) is 5.72. The summed E-state index contributed by atoms with van der Waals surface area (Å²) in [4.78, 5) is 8.34. The molecule has 7 heteroatoms. The molecule has 0 amide bonds. The van der Waals surface area contributed by atoms with Crippen molar-refractivity contribution < 1.29 is 13.9 Å². The molecule has 1 unspecified atom stereocenters. The molecule has 20 heavy (non-hydrogen) atoms. The summed E-state index contributed by atoms with van der Waals surface area (Å²) in [5.41, 5.74) is 7.29. The summed E-state index contributed by atoms with van der Waals surface area (Å²) in [7, 11) is 2.96. The molecule has 1 atom stereocenters. The highest BCUT2D eigenvalue weighted by Crippen LogP contribution is 2.31. The van der Waals surface area contributed by atoms with Crippen LogP contribution in [0.1, 0.15) is 17.3 Å². The van der Waals surface area contributed by atoms with Gasteiger partial charge >= 0.3 is 0 Å². The Balaban J connectivity index is 2.44. The second kappa shape index (κ2) is 6.15. The van der Waals surface area contributed by atoms with Crippen molar-refractivity contribution in [2.75, 3.05) is 14.2 Å². The Kier molecular flexibility index (Phi) is 4.51. The molecule has 0 aliphatic heterocycles. The molecule has 1 aromatic carbocycles. The first kappa shape index (κ1) is 14.7. The molecular weight excluding hydrogens is 329 g/mol. The van der Waals surface area contributed by atoms with Crippen LogP contribution in [0.25, 0.3) is 0 Å². The number of methoxy groups -OCH3 is 2. The average molecular weight is 342 g/mol. The quantitative estimate of drug-likeness (QED) is 0.924. The number of nitrogens with zero attached hydrogens (tertiary/aromatic N) is 2. The van der Waals surface area contributed by atoms with Crippen LogP contribution >= 0.6 is 15.9 Å². The number of hydrogen-bond acceptors (Lipinski definition) is 5. The lowest BCUT2D eigenvalue weighted by Gasteiger charge is -2.16. The maximum absolute atomic E-state index is 13.1. The van der Waals surface area contributed by atoms with Gasteiger partial charge in [0.1, 0.15) is 11.5 Å². The van der Waals surface area contributed by atoms with Crippen LogP contribution in [0, 0.1) is 5.82 Å². The third-order valence-corrected chi connectivity index (χ3v) is 3.43. The zero-order valence-corrected chi connectivity index (χ0v) is 12.5. The summed E-state index contributed by atoms with van der Waals surface area (Å²) in [5, 5.41) is 0. The van der Waals surface area contributed by atoms with E-state index >= 15 is 0 Å². The molecule has 0 bridgehead atoms. The standard InChI is InChI=1S/C13H13BrFN3O2/c1-19-10-6-17-12(13(18-10)20-2)11(16)8-4-3-7(15)5-9(8)14/h3-6,11H,16H2,1-2H3. The molecule has 0 aliphatic carbocycles. The van der Waals surface area contributed by atoms with Gasteiger partial charge in [0.05, 0.1) is 26.5 Å². The van der Waals surface area contributed by atoms with Gasteiger partial charge in [-0.3, -0.25) is 0 Å². The minimum absolute atomic E-state index is 0.271. The minimum Gasteiger partial charge on any atom is -0.480 e. The summed E-state index contributed by atoms with van der Waals surface area (Å²) in [6, 6.07) is 3.68. The SMILES string of the molecule is COc1cnc(C(N)c2ccc(F)cc2Br)c(OC)n1. The van der Waals surface area contributed by atoms with Gasteiger partial charge in [0, 0.05) is 4.47 Å². The van der Waals surface area contributed by atoms with Crippen molar-refractivity contribution >= 4 is 15.9 Å². The predicted molar refractivity (Wildman–Crippen MR) is 75.3 cm³/mol. The fourth-order valence-corrected chi connectivity index (χ4v) is 2.33. The number of hydrogen-bond donors (Lipinski definition) is 1. The third kappa shape index (κ3) is 2.88. The van der Waals surface area contributed by atoms with Crippen molar-refractivity contribution in [1.82, 2.24) is 9.97 Å². The number of nitrogens with two attached hydrogens (primary N) is 1. The van der Waals surface area contributed by atoms with Crippen LogP contribution in [-0.2, 0) is 0 Å². The van der Waals surface area contributed by atoms with Gasteiger partial charge in [0.15, 0.2) is 0 Å². The van der Waals surface area contributed by atoms with E-state index in [9.17, 15) is 4.39 Å². The van der Waals surface area contributed by atoms with E-state index in [1.165, 1.54) is 32.5 Å². The van der Waals surface area contributed by atoms with Crippen LogP contribution in [0.2, 0.25) is 0 Å². The Bertz CT molecular complexity index is 625. The van der Waals surface area contributed by atoms with Gasteiger partial charge in [-0.15, -0.1) is 0 Å². The van der Waals surface area contributed by atoms with Crippen LogP contribution in [0.5, 0.6) is 11.8 Å². The Morgan fingerprint density at radius 1 is 1.30 bits per heavy atom. The Morgan fingerprint density at radius 3 is 2.65 bits per heavy atom.